The number of methoxy groups -OCH3 is 2. The summed E-state index contributed by atoms with van der Waals surface area (Å²) in [7, 11) is 3.15. The maximum absolute atomic E-state index is 13.0. The average molecular weight is 445 g/mol. The molecular weight excluding hydrogens is 418 g/mol. The number of aryl methyl sites for hydroxylation is 1. The fraction of sp³-hybridized carbons (Fsp3) is 0.192. The lowest BCUT2D eigenvalue weighted by Gasteiger charge is -2.15. The van der Waals surface area contributed by atoms with Crippen LogP contribution in [0.15, 0.2) is 72.8 Å². The molecule has 0 bridgehead atoms. The Morgan fingerprint density at radius 1 is 0.970 bits per heavy atom. The highest BCUT2D eigenvalue weighted by Crippen LogP contribution is 2.29. The molecule has 0 unspecified atom stereocenters. The lowest BCUT2D eigenvalue weighted by Crippen LogP contribution is -2.42. The summed E-state index contributed by atoms with van der Waals surface area (Å²) in [6.07, 6.45) is 1.82. The summed E-state index contributed by atoms with van der Waals surface area (Å²) < 4.78 is 12.4. The van der Waals surface area contributed by atoms with Gasteiger partial charge in [0, 0.05) is 16.7 Å². The number of nitrogens with zero attached hydrogens (tertiary/aromatic N) is 1. The third kappa shape index (κ3) is 4.72. The van der Waals surface area contributed by atoms with Crippen molar-refractivity contribution in [3.05, 3.63) is 95.1 Å². The van der Waals surface area contributed by atoms with E-state index < -0.39 is 12.1 Å². The largest absolute Gasteiger partial charge is 0.493 e. The molecule has 2 atom stereocenters. The van der Waals surface area contributed by atoms with Crippen LogP contribution in [0.5, 0.6) is 11.5 Å². The molecule has 0 aliphatic carbocycles. The highest BCUT2D eigenvalue weighted by Gasteiger charge is 2.47. The zero-order valence-electron chi connectivity index (χ0n) is 18.7. The topological polar surface area (TPSA) is 79.7 Å². The van der Waals surface area contributed by atoms with E-state index in [0.717, 1.165) is 16.7 Å². The van der Waals surface area contributed by atoms with E-state index in [9.17, 15) is 9.59 Å². The molecule has 0 spiro atoms. The van der Waals surface area contributed by atoms with Crippen LogP contribution in [-0.2, 0) is 4.79 Å². The number of carbonyl (C=O) groups excluding carboxylic acids is 2. The van der Waals surface area contributed by atoms with Gasteiger partial charge in [-0.15, -0.1) is 10.1 Å². The molecule has 1 aliphatic rings. The summed E-state index contributed by atoms with van der Waals surface area (Å²) in [6.45, 7) is 2.00. The van der Waals surface area contributed by atoms with Gasteiger partial charge in [-0.3, -0.25) is 9.59 Å². The molecule has 168 valence electrons. The van der Waals surface area contributed by atoms with Gasteiger partial charge in [-0.05, 0) is 37.3 Å². The Morgan fingerprint density at radius 3 is 2.33 bits per heavy atom. The van der Waals surface area contributed by atoms with Crippen molar-refractivity contribution < 1.29 is 23.7 Å². The molecule has 0 radical (unpaired) electrons. The Labute approximate surface area is 192 Å². The maximum Gasteiger partial charge on any atom is 0.304 e. The van der Waals surface area contributed by atoms with Gasteiger partial charge in [-0.25, -0.2) is 0 Å². The summed E-state index contributed by atoms with van der Waals surface area (Å²) in [5, 5.41) is 2.91. The Morgan fingerprint density at radius 2 is 1.67 bits per heavy atom. The van der Waals surface area contributed by atoms with E-state index in [-0.39, 0.29) is 11.8 Å². The second-order valence-electron chi connectivity index (χ2n) is 7.80. The minimum Gasteiger partial charge on any atom is -0.493 e. The number of amides is 2. The third-order valence-electron chi connectivity index (χ3n) is 5.57. The Balaban J connectivity index is 1.72. The van der Waals surface area contributed by atoms with Crippen LogP contribution < -0.4 is 20.2 Å². The van der Waals surface area contributed by atoms with Gasteiger partial charge in [0.15, 0.2) is 17.5 Å². The molecule has 2 N–H and O–H groups in total. The zero-order valence-corrected chi connectivity index (χ0v) is 18.7. The number of carbonyl (C=O) groups is 2. The molecule has 7 heteroatoms. The molecule has 2 amide bonds. The normalized spacial score (nSPS) is 18.6. The lowest BCUT2D eigenvalue weighted by molar-refractivity contribution is -0.596. The third-order valence-corrected chi connectivity index (χ3v) is 5.57. The van der Waals surface area contributed by atoms with Gasteiger partial charge in [-0.2, -0.15) is 0 Å². The molecule has 1 heterocycles. The monoisotopic (exact) mass is 444 g/mol. The van der Waals surface area contributed by atoms with Crippen LogP contribution in [0, 0.1) is 6.92 Å². The minimum absolute atomic E-state index is 0.290. The van der Waals surface area contributed by atoms with Crippen LogP contribution in [-0.4, -0.2) is 43.0 Å². The fourth-order valence-electron chi connectivity index (χ4n) is 3.85. The standard InChI is InChI=1S/C26H25N3O4/c1-17-9-12-19(13-10-17)24-23(27-25(30)20-7-5-4-6-8-20)26(31)28-29(24)16-18-11-14-21(32-2)22(15-18)33-3/h4-16,23-24H,1-3H3,(H-,27,28,30,31)/p+1/b29-16-/t23-,24-/m1/s1. The zero-order chi connectivity index (χ0) is 23.4. The maximum atomic E-state index is 13.0. The number of rotatable bonds is 6. The van der Waals surface area contributed by atoms with Crippen molar-refractivity contribution in [2.45, 2.75) is 19.0 Å². The van der Waals surface area contributed by atoms with E-state index >= 15 is 0 Å². The molecule has 1 saturated heterocycles. The van der Waals surface area contributed by atoms with E-state index in [1.165, 1.54) is 0 Å². The van der Waals surface area contributed by atoms with Crippen molar-refractivity contribution >= 4 is 18.0 Å². The highest BCUT2D eigenvalue weighted by molar-refractivity contribution is 5.98. The molecule has 1 aliphatic heterocycles. The SMILES string of the molecule is COc1ccc(/C=[N+]2\NC(=O)[C@H](NC(=O)c3ccccc3)[C@H]2c2ccc(C)cc2)cc1OC. The van der Waals surface area contributed by atoms with Gasteiger partial charge in [0.1, 0.15) is 0 Å². The van der Waals surface area contributed by atoms with Gasteiger partial charge in [0.2, 0.25) is 12.3 Å². The molecule has 0 saturated carbocycles. The summed E-state index contributed by atoms with van der Waals surface area (Å²) in [5.74, 6) is 0.600. The van der Waals surface area contributed by atoms with E-state index in [2.05, 4.69) is 10.7 Å². The number of hydrazone groups is 1. The fourth-order valence-corrected chi connectivity index (χ4v) is 3.85. The second kappa shape index (κ2) is 9.56. The lowest BCUT2D eigenvalue weighted by atomic mass is 9.98. The van der Waals surface area contributed by atoms with Crippen LogP contribution >= 0.6 is 0 Å². The molecule has 3 aromatic carbocycles. The Bertz CT molecular complexity index is 1190. The van der Waals surface area contributed by atoms with Crippen LogP contribution in [0.1, 0.15) is 33.1 Å². The van der Waals surface area contributed by atoms with Crippen LogP contribution in [0.4, 0.5) is 0 Å². The molecule has 7 nitrogen and oxygen atoms in total. The summed E-state index contributed by atoms with van der Waals surface area (Å²) in [6, 6.07) is 21.1. The van der Waals surface area contributed by atoms with Crippen LogP contribution in [0.3, 0.4) is 0 Å². The van der Waals surface area contributed by atoms with Gasteiger partial charge >= 0.3 is 5.91 Å². The first-order valence-corrected chi connectivity index (χ1v) is 10.6. The Hall–Kier alpha value is -4.13. The molecule has 3 aromatic rings. The van der Waals surface area contributed by atoms with E-state index in [0.29, 0.717) is 17.1 Å². The van der Waals surface area contributed by atoms with Gasteiger partial charge in [0.05, 0.1) is 14.2 Å². The predicted octanol–water partition coefficient (Wildman–Crippen LogP) is 3.03. The second-order valence-corrected chi connectivity index (χ2v) is 7.80. The number of hydrogen-bond acceptors (Lipinski definition) is 4. The van der Waals surface area contributed by atoms with Crippen LogP contribution in [0.2, 0.25) is 0 Å². The van der Waals surface area contributed by atoms with Crippen molar-refractivity contribution in [3.8, 4) is 11.5 Å². The quantitative estimate of drug-likeness (QED) is 0.573. The molecule has 4 rings (SSSR count). The summed E-state index contributed by atoms with van der Waals surface area (Å²) in [5.41, 5.74) is 6.20. The predicted molar refractivity (Wildman–Crippen MR) is 125 cm³/mol. The van der Waals surface area contributed by atoms with Crippen molar-refractivity contribution in [2.24, 2.45) is 0 Å². The van der Waals surface area contributed by atoms with E-state index in [1.807, 2.05) is 55.6 Å². The summed E-state index contributed by atoms with van der Waals surface area (Å²) in [4.78, 5) is 25.8. The first-order chi connectivity index (χ1) is 16.0. The number of ether oxygens (including phenoxy) is 2. The van der Waals surface area contributed by atoms with Crippen molar-refractivity contribution in [2.75, 3.05) is 14.2 Å². The molecular formula is C26H26N3O4+. The molecule has 1 fully saturated rings. The molecule has 0 aromatic heterocycles. The average Bonchev–Trinajstić information content (AvgIpc) is 3.14. The first kappa shape index (κ1) is 22.1. The van der Waals surface area contributed by atoms with Gasteiger partial charge in [-0.1, -0.05) is 48.0 Å². The van der Waals surface area contributed by atoms with E-state index in [1.54, 1.807) is 49.2 Å². The van der Waals surface area contributed by atoms with Crippen molar-refractivity contribution in [1.82, 2.24) is 10.7 Å². The summed E-state index contributed by atoms with van der Waals surface area (Å²) >= 11 is 0. The van der Waals surface area contributed by atoms with Gasteiger partial charge in [0.25, 0.3) is 5.91 Å². The smallest absolute Gasteiger partial charge is 0.304 e. The number of nitrogens with one attached hydrogen (secondary N) is 2. The van der Waals surface area contributed by atoms with E-state index in [4.69, 9.17) is 9.47 Å². The van der Waals surface area contributed by atoms with Crippen molar-refractivity contribution in [3.63, 3.8) is 0 Å². The number of benzene rings is 3. The minimum atomic E-state index is -0.781. The number of hydrazine groups is 1. The van der Waals surface area contributed by atoms with Crippen LogP contribution in [0.25, 0.3) is 0 Å². The Kier molecular flexibility index (Phi) is 6.40. The van der Waals surface area contributed by atoms with Gasteiger partial charge < -0.3 is 14.8 Å². The molecule has 33 heavy (non-hydrogen) atoms. The number of hydrogen-bond donors (Lipinski definition) is 2. The first-order valence-electron chi connectivity index (χ1n) is 10.6. The highest BCUT2D eigenvalue weighted by atomic mass is 16.5. The van der Waals surface area contributed by atoms with Crippen molar-refractivity contribution in [1.29, 1.82) is 0 Å².